The van der Waals surface area contributed by atoms with Crippen LogP contribution in [-0.4, -0.2) is 0 Å². The van der Waals surface area contributed by atoms with Gasteiger partial charge in [0.15, 0.2) is 0 Å². The molecule has 31 heavy (non-hydrogen) atoms. The second-order valence-corrected chi connectivity index (χ2v) is 0. The molecule has 0 atom stereocenters. The molecule has 0 heterocycles. The molecule has 0 aromatic carbocycles. The van der Waals surface area contributed by atoms with Gasteiger partial charge in [-0.05, 0) is 0 Å². The van der Waals surface area contributed by atoms with Crippen LogP contribution in [0.15, 0.2) is 0 Å². The first-order valence-corrected chi connectivity index (χ1v) is 2.86. The second-order valence-electron chi connectivity index (χ2n) is 0. The third-order valence-electron chi connectivity index (χ3n) is 0. The van der Waals surface area contributed by atoms with Gasteiger partial charge < -0.3 is 0 Å². The zero-order chi connectivity index (χ0) is 28.0. The van der Waals surface area contributed by atoms with Crippen LogP contribution < -0.4 is 0 Å². The molecule has 0 unspecified atom stereocenters. The molecule has 0 aromatic heterocycles. The summed E-state index contributed by atoms with van der Waals surface area (Å²) < 4.78 is 105. The van der Waals surface area contributed by atoms with Gasteiger partial charge in [-0.15, -0.1) is 0 Å². The van der Waals surface area contributed by atoms with Crippen LogP contribution in [0.1, 0.15) is 0 Å². The molecule has 0 rings (SSSR count). The Morgan fingerprint density at radius 3 is 0.161 bits per heavy atom. The Kier molecular flexibility index (Phi) is 27700. The first kappa shape index (κ1) is 157. The standard InChI is InChI=1S/14CO.2Mn.Re.H/c14*1-2;;;;. The zero-order valence-electron chi connectivity index (χ0n) is 13.9. The van der Waals surface area contributed by atoms with E-state index in [1.54, 1.807) is 0 Å². The summed E-state index contributed by atoms with van der Waals surface area (Å²) in [7, 11) is 0. The zero-order valence-corrected chi connectivity index (χ0v) is 19.2. The van der Waals surface area contributed by atoms with E-state index < -0.39 is 0 Å². The topological polar surface area (TPSA) is 279 Å². The molecule has 0 spiro atoms. The summed E-state index contributed by atoms with van der Waals surface area (Å²) in [4.78, 5) is 0. The molecule has 0 saturated carbocycles. The van der Waals surface area contributed by atoms with Gasteiger partial charge >= 0.3 is 179 Å². The van der Waals surface area contributed by atoms with Gasteiger partial charge in [0.05, 0.1) is 0 Å². The molecule has 0 aromatic rings. The van der Waals surface area contributed by atoms with Crippen LogP contribution in [0.4, 0.5) is 0 Å². The molecule has 14 nitrogen and oxygen atoms in total. The van der Waals surface area contributed by atoms with Crippen molar-refractivity contribution in [3.8, 4) is 0 Å². The Balaban J connectivity index is -0.00000000451. The van der Waals surface area contributed by atoms with Gasteiger partial charge in [-0.1, -0.05) is 0 Å². The van der Waals surface area contributed by atoms with E-state index in [-0.39, 0.29) is 54.6 Å². The summed E-state index contributed by atoms with van der Waals surface area (Å²) >= 11 is 0. The molecule has 0 aliphatic rings. The van der Waals surface area contributed by atoms with Crippen molar-refractivity contribution < 1.29 is 120 Å². The molecule has 17 heteroatoms. The molecule has 0 N–H and O–H groups in total. The molecule has 0 saturated heterocycles. The Morgan fingerprint density at radius 1 is 0.161 bits per heavy atom. The van der Waals surface area contributed by atoms with Gasteiger partial charge in [-0.3, -0.25) is 0 Å². The van der Waals surface area contributed by atoms with Crippen molar-refractivity contribution in [2.45, 2.75) is 0 Å². The summed E-state index contributed by atoms with van der Waals surface area (Å²) in [6.45, 7) is 63.0. The van der Waals surface area contributed by atoms with Crippen LogP contribution in [0, 0.1) is 93.1 Å². The van der Waals surface area contributed by atoms with Crippen molar-refractivity contribution in [2.24, 2.45) is 0 Å². The third kappa shape index (κ3) is 5070. The molecule has 0 amide bonds. The van der Waals surface area contributed by atoms with Crippen molar-refractivity contribution in [3.05, 3.63) is 93.1 Å². The van der Waals surface area contributed by atoms with E-state index in [1.165, 1.54) is 0 Å². The molecule has 3 radical (unpaired) electrons. The van der Waals surface area contributed by atoms with Crippen LogP contribution in [0.2, 0.25) is 0 Å². The molecule has 0 fully saturated rings. The summed E-state index contributed by atoms with van der Waals surface area (Å²) in [6, 6.07) is 0. The predicted octanol–water partition coefficient (Wildman–Crippen LogP) is -0.800. The maximum atomic E-state index is 7.50. The van der Waals surface area contributed by atoms with E-state index in [1.807, 2.05) is 0 Å². The maximum absolute atomic E-state index is 7.50. The van der Waals surface area contributed by atoms with Crippen LogP contribution in [0.3, 0.4) is 0 Å². The fourth-order valence-corrected chi connectivity index (χ4v) is 0. The summed E-state index contributed by atoms with van der Waals surface area (Å²) in [6.07, 6.45) is 0. The molecular weight excluding hydrogens is 688 g/mol. The number of rotatable bonds is 0. The van der Waals surface area contributed by atoms with Gasteiger partial charge in [0.1, 0.15) is 0 Å². The molecule has 162 valence electrons. The second kappa shape index (κ2) is 5470. The average Bonchev–Trinajstić information content (AvgIpc) is 2.95. The number of hydrogen-bond donors (Lipinski definition) is 0. The minimum absolute atomic E-state index is 0. The number of hydrogen-bond acceptors (Lipinski definition) is 0. The Labute approximate surface area is 212 Å². The van der Waals surface area contributed by atoms with E-state index in [2.05, 4.69) is 93.1 Å². The Bertz CT molecular complexity index is 271. The van der Waals surface area contributed by atoms with Crippen molar-refractivity contribution in [3.63, 3.8) is 0 Å². The van der Waals surface area contributed by atoms with Crippen LogP contribution >= 0.6 is 0 Å². The van der Waals surface area contributed by atoms with E-state index >= 15 is 0 Å². The summed E-state index contributed by atoms with van der Waals surface area (Å²) in [5.41, 5.74) is 0. The normalized spacial score (nSPS) is 0.903. The average molecular weight is 689 g/mol. The van der Waals surface area contributed by atoms with E-state index in [9.17, 15) is 0 Å². The van der Waals surface area contributed by atoms with Crippen molar-refractivity contribution in [2.75, 3.05) is 0 Å². The van der Waals surface area contributed by atoms with E-state index in [0.29, 0.717) is 0 Å². The SMILES string of the molecule is [C-]#[O+].[C-]#[O+].[C-]#[O+].[C-]#[O+].[C-]#[O+].[C-]#[O+].[C-]#[O+].[C-]#[O+].[C-]#[O+].[C-]#[O+].[C-]#[O+].[C-]#[O+].[C-]#[O+].[C-]#[O+].[Mn].[Mn].[ReH]. The summed E-state index contributed by atoms with van der Waals surface area (Å²) in [5, 5.41) is 0. The van der Waals surface area contributed by atoms with Gasteiger partial charge in [0, 0.05) is 34.1 Å². The Morgan fingerprint density at radius 2 is 0.161 bits per heavy atom. The first-order valence-electron chi connectivity index (χ1n) is 2.86. The summed E-state index contributed by atoms with van der Waals surface area (Å²) in [5.74, 6) is 0. The van der Waals surface area contributed by atoms with Gasteiger partial charge in [0.2, 0.25) is 0 Å². The fourth-order valence-electron chi connectivity index (χ4n) is 0. The predicted molar refractivity (Wildman–Crippen MR) is 56.4 cm³/mol. The van der Waals surface area contributed by atoms with Crippen molar-refractivity contribution in [1.82, 2.24) is 0 Å². The van der Waals surface area contributed by atoms with E-state index in [0.717, 1.165) is 0 Å². The van der Waals surface area contributed by atoms with Gasteiger partial charge in [-0.2, -0.15) is 0 Å². The molecule has 0 aliphatic heterocycles. The Hall–Kier alpha value is -1.94. The van der Waals surface area contributed by atoms with Crippen LogP contribution in [-0.2, 0) is 120 Å². The fraction of sp³-hybridized carbons (Fsp3) is 0. The first-order chi connectivity index (χ1) is 14.0. The van der Waals surface area contributed by atoms with E-state index in [4.69, 9.17) is 65.1 Å². The molecule has 0 bridgehead atoms. The van der Waals surface area contributed by atoms with Gasteiger partial charge in [0.25, 0.3) is 0 Å². The molecule has 0 aliphatic carbocycles. The van der Waals surface area contributed by atoms with Crippen LogP contribution in [0.25, 0.3) is 0 Å². The molecular formula is C14HMn2O14Re. The van der Waals surface area contributed by atoms with Crippen LogP contribution in [0.5, 0.6) is 0 Å². The van der Waals surface area contributed by atoms with Crippen molar-refractivity contribution in [1.29, 1.82) is 0 Å². The van der Waals surface area contributed by atoms with Gasteiger partial charge in [-0.25, -0.2) is 0 Å². The quantitative estimate of drug-likeness (QED) is 0.172. The minimum atomic E-state index is 0. The third-order valence-corrected chi connectivity index (χ3v) is 0. The van der Waals surface area contributed by atoms with Crippen molar-refractivity contribution >= 4 is 0 Å². The monoisotopic (exact) mass is 690 g/mol.